The monoisotopic (exact) mass is 239 g/mol. The lowest BCUT2D eigenvalue weighted by Crippen LogP contribution is -2.24. The molecule has 0 fully saturated rings. The van der Waals surface area contributed by atoms with Crippen molar-refractivity contribution < 1.29 is 9.90 Å². The molecule has 1 aliphatic carbocycles. The molecule has 2 N–H and O–H groups in total. The number of allylic oxidation sites excluding steroid dienone is 2. The standard InChI is InChI=1S/C14H25NO2/c1-11(2)13-5-3-4-12(6-7-13)10-15-9-8-14(16)17/h7,11-12,15H,3-6,8-10H2,1-2H3,(H,16,17). The maximum Gasteiger partial charge on any atom is 0.304 e. The average Bonchev–Trinajstić information content (AvgIpc) is 2.49. The van der Waals surface area contributed by atoms with Crippen LogP contribution in [0.2, 0.25) is 0 Å². The maximum absolute atomic E-state index is 10.4. The van der Waals surface area contributed by atoms with Crippen molar-refractivity contribution in [2.75, 3.05) is 13.1 Å². The Kier molecular flexibility index (Phi) is 6.27. The quantitative estimate of drug-likeness (QED) is 0.553. The molecular formula is C14H25NO2. The zero-order valence-electron chi connectivity index (χ0n) is 11.0. The van der Waals surface area contributed by atoms with Crippen LogP contribution >= 0.6 is 0 Å². The van der Waals surface area contributed by atoms with Crippen LogP contribution in [0.25, 0.3) is 0 Å². The second-order valence-corrected chi connectivity index (χ2v) is 5.28. The predicted molar refractivity (Wildman–Crippen MR) is 70.0 cm³/mol. The van der Waals surface area contributed by atoms with Gasteiger partial charge < -0.3 is 10.4 Å². The van der Waals surface area contributed by atoms with Crippen LogP contribution in [0.1, 0.15) is 46.0 Å². The zero-order chi connectivity index (χ0) is 12.7. The van der Waals surface area contributed by atoms with Crippen LogP contribution in [0.5, 0.6) is 0 Å². The van der Waals surface area contributed by atoms with Crippen molar-refractivity contribution in [1.82, 2.24) is 5.32 Å². The summed E-state index contributed by atoms with van der Waals surface area (Å²) in [7, 11) is 0. The van der Waals surface area contributed by atoms with Gasteiger partial charge in [-0.2, -0.15) is 0 Å². The van der Waals surface area contributed by atoms with Crippen molar-refractivity contribution >= 4 is 5.97 Å². The van der Waals surface area contributed by atoms with Crippen molar-refractivity contribution in [3.8, 4) is 0 Å². The average molecular weight is 239 g/mol. The molecule has 0 aromatic rings. The largest absolute Gasteiger partial charge is 0.481 e. The number of nitrogens with one attached hydrogen (secondary N) is 1. The van der Waals surface area contributed by atoms with E-state index in [0.717, 1.165) is 13.0 Å². The van der Waals surface area contributed by atoms with Gasteiger partial charge in [0.1, 0.15) is 0 Å². The number of carboxylic acids is 1. The number of hydrogen-bond donors (Lipinski definition) is 2. The van der Waals surface area contributed by atoms with Gasteiger partial charge in [0, 0.05) is 6.54 Å². The van der Waals surface area contributed by atoms with E-state index in [2.05, 4.69) is 25.2 Å². The predicted octanol–water partition coefficient (Wildman–Crippen LogP) is 2.82. The number of hydrogen-bond acceptors (Lipinski definition) is 2. The van der Waals surface area contributed by atoms with Crippen molar-refractivity contribution in [3.63, 3.8) is 0 Å². The molecule has 17 heavy (non-hydrogen) atoms. The topological polar surface area (TPSA) is 49.3 Å². The van der Waals surface area contributed by atoms with Crippen LogP contribution in [-0.2, 0) is 4.79 Å². The number of aliphatic carboxylic acids is 1. The SMILES string of the molecule is CC(C)C1=CCC(CNCCC(=O)O)CCC1. The van der Waals surface area contributed by atoms with E-state index in [9.17, 15) is 4.79 Å². The van der Waals surface area contributed by atoms with Crippen LogP contribution in [-0.4, -0.2) is 24.2 Å². The highest BCUT2D eigenvalue weighted by Gasteiger charge is 2.13. The summed E-state index contributed by atoms with van der Waals surface area (Å²) in [5.41, 5.74) is 1.60. The van der Waals surface area contributed by atoms with Crippen LogP contribution in [0.3, 0.4) is 0 Å². The fraction of sp³-hybridized carbons (Fsp3) is 0.786. The molecule has 0 saturated carbocycles. The Morgan fingerprint density at radius 2 is 2.35 bits per heavy atom. The van der Waals surface area contributed by atoms with E-state index in [1.807, 2.05) is 0 Å². The number of carbonyl (C=O) groups is 1. The van der Waals surface area contributed by atoms with Crippen LogP contribution in [0.4, 0.5) is 0 Å². The van der Waals surface area contributed by atoms with Crippen molar-refractivity contribution in [3.05, 3.63) is 11.6 Å². The second-order valence-electron chi connectivity index (χ2n) is 5.28. The van der Waals surface area contributed by atoms with E-state index < -0.39 is 5.97 Å². The molecular weight excluding hydrogens is 214 g/mol. The van der Waals surface area contributed by atoms with Gasteiger partial charge in [-0.05, 0) is 44.1 Å². The van der Waals surface area contributed by atoms with E-state index in [4.69, 9.17) is 5.11 Å². The third-order valence-electron chi connectivity index (χ3n) is 3.48. The minimum absolute atomic E-state index is 0.222. The molecule has 1 rings (SSSR count). The molecule has 1 atom stereocenters. The summed E-state index contributed by atoms with van der Waals surface area (Å²) in [6.45, 7) is 6.07. The Morgan fingerprint density at radius 1 is 1.59 bits per heavy atom. The van der Waals surface area contributed by atoms with Crippen LogP contribution in [0.15, 0.2) is 11.6 Å². The smallest absolute Gasteiger partial charge is 0.304 e. The Labute approximate surface area is 104 Å². The summed E-state index contributed by atoms with van der Waals surface area (Å²) in [6.07, 6.45) is 7.54. The van der Waals surface area contributed by atoms with Gasteiger partial charge in [-0.25, -0.2) is 0 Å². The lowest BCUT2D eigenvalue weighted by atomic mass is 9.99. The molecule has 98 valence electrons. The molecule has 0 bridgehead atoms. The molecule has 0 heterocycles. The van der Waals surface area contributed by atoms with Gasteiger partial charge in [-0.3, -0.25) is 4.79 Å². The molecule has 1 unspecified atom stereocenters. The molecule has 3 nitrogen and oxygen atoms in total. The van der Waals surface area contributed by atoms with Gasteiger partial charge in [-0.15, -0.1) is 0 Å². The lowest BCUT2D eigenvalue weighted by molar-refractivity contribution is -0.136. The highest BCUT2D eigenvalue weighted by molar-refractivity contribution is 5.66. The molecule has 0 aromatic heterocycles. The number of carboxylic acid groups (broad SMARTS) is 1. The van der Waals surface area contributed by atoms with Gasteiger partial charge in [0.05, 0.1) is 6.42 Å². The highest BCUT2D eigenvalue weighted by atomic mass is 16.4. The highest BCUT2D eigenvalue weighted by Crippen LogP contribution is 2.26. The normalized spacial score (nSPS) is 21.1. The molecule has 1 aliphatic rings. The van der Waals surface area contributed by atoms with Gasteiger partial charge in [-0.1, -0.05) is 25.5 Å². The van der Waals surface area contributed by atoms with Crippen LogP contribution in [0, 0.1) is 11.8 Å². The summed E-state index contributed by atoms with van der Waals surface area (Å²) < 4.78 is 0. The Morgan fingerprint density at radius 3 is 3.00 bits per heavy atom. The number of rotatable bonds is 6. The zero-order valence-corrected chi connectivity index (χ0v) is 11.0. The van der Waals surface area contributed by atoms with Gasteiger partial charge >= 0.3 is 5.97 Å². The van der Waals surface area contributed by atoms with Gasteiger partial charge in [0.2, 0.25) is 0 Å². The lowest BCUT2D eigenvalue weighted by Gasteiger charge is -2.13. The third-order valence-corrected chi connectivity index (χ3v) is 3.48. The Hall–Kier alpha value is -0.830. The first-order valence-corrected chi connectivity index (χ1v) is 6.71. The summed E-state index contributed by atoms with van der Waals surface area (Å²) >= 11 is 0. The van der Waals surface area contributed by atoms with Gasteiger partial charge in [0.15, 0.2) is 0 Å². The molecule has 0 aliphatic heterocycles. The molecule has 0 amide bonds. The summed E-state index contributed by atoms with van der Waals surface area (Å²) in [6, 6.07) is 0. The van der Waals surface area contributed by atoms with E-state index in [1.165, 1.54) is 19.3 Å². The molecule has 0 radical (unpaired) electrons. The Balaban J connectivity index is 2.24. The first kappa shape index (κ1) is 14.2. The minimum Gasteiger partial charge on any atom is -0.481 e. The molecule has 0 spiro atoms. The summed E-state index contributed by atoms with van der Waals surface area (Å²) in [5, 5.41) is 11.8. The van der Waals surface area contributed by atoms with E-state index in [-0.39, 0.29) is 6.42 Å². The molecule has 3 heteroatoms. The van der Waals surface area contributed by atoms with Gasteiger partial charge in [0.25, 0.3) is 0 Å². The summed E-state index contributed by atoms with van der Waals surface area (Å²) in [4.78, 5) is 10.4. The second kappa shape index (κ2) is 7.49. The van der Waals surface area contributed by atoms with Crippen LogP contribution < -0.4 is 5.32 Å². The maximum atomic E-state index is 10.4. The van der Waals surface area contributed by atoms with E-state index in [0.29, 0.717) is 18.4 Å². The fourth-order valence-electron chi connectivity index (χ4n) is 2.34. The first-order chi connectivity index (χ1) is 8.09. The van der Waals surface area contributed by atoms with E-state index >= 15 is 0 Å². The molecule has 0 aromatic carbocycles. The van der Waals surface area contributed by atoms with Crippen molar-refractivity contribution in [2.45, 2.75) is 46.0 Å². The summed E-state index contributed by atoms with van der Waals surface area (Å²) in [5.74, 6) is 0.633. The van der Waals surface area contributed by atoms with Crippen molar-refractivity contribution in [1.29, 1.82) is 0 Å². The Bertz CT molecular complexity index is 271. The first-order valence-electron chi connectivity index (χ1n) is 6.71. The molecule has 0 saturated heterocycles. The van der Waals surface area contributed by atoms with E-state index in [1.54, 1.807) is 5.57 Å². The minimum atomic E-state index is -0.722. The van der Waals surface area contributed by atoms with Crippen molar-refractivity contribution in [2.24, 2.45) is 11.8 Å². The third kappa shape index (κ3) is 5.87. The fourth-order valence-corrected chi connectivity index (χ4v) is 2.34.